The van der Waals surface area contributed by atoms with E-state index in [2.05, 4.69) is 5.32 Å². The van der Waals surface area contributed by atoms with Gasteiger partial charge < -0.3 is 10.4 Å². The quantitative estimate of drug-likeness (QED) is 0.594. The molecule has 0 aliphatic carbocycles. The number of non-ortho nitro benzene ring substituents is 1. The van der Waals surface area contributed by atoms with Crippen LogP contribution in [0.2, 0.25) is 0 Å². The molecular weight excluding hydrogens is 254 g/mol. The zero-order chi connectivity index (χ0) is 14.6. The summed E-state index contributed by atoms with van der Waals surface area (Å²) in [4.78, 5) is 20.1. The first-order valence-corrected chi connectivity index (χ1v) is 5.54. The molecule has 0 aliphatic rings. The van der Waals surface area contributed by atoms with Gasteiger partial charge in [0.15, 0.2) is 0 Å². The number of hydrogen-bond acceptors (Lipinski definition) is 6. The van der Waals surface area contributed by atoms with E-state index in [1.165, 1.54) is 12.1 Å². The standard InChI is InChI=1S/C11H15N3O5/c1-11(2,7-15)12-6-8-3-4-9(13(16)17)5-10(8)14(18)19/h3-5,12,15H,6-7H2,1-2H3. The minimum Gasteiger partial charge on any atom is -0.394 e. The maximum Gasteiger partial charge on any atom is 0.280 e. The normalized spacial score (nSPS) is 11.3. The topological polar surface area (TPSA) is 119 Å². The zero-order valence-electron chi connectivity index (χ0n) is 10.6. The van der Waals surface area contributed by atoms with Crippen LogP contribution in [0.3, 0.4) is 0 Å². The van der Waals surface area contributed by atoms with Crippen molar-refractivity contribution in [2.45, 2.75) is 25.9 Å². The molecule has 0 atom stereocenters. The van der Waals surface area contributed by atoms with Gasteiger partial charge in [0.05, 0.1) is 22.5 Å². The van der Waals surface area contributed by atoms with Crippen molar-refractivity contribution in [2.24, 2.45) is 0 Å². The molecule has 1 aromatic carbocycles. The highest BCUT2D eigenvalue weighted by molar-refractivity contribution is 5.49. The van der Waals surface area contributed by atoms with E-state index >= 15 is 0 Å². The number of nitrogens with zero attached hydrogens (tertiary/aromatic N) is 2. The van der Waals surface area contributed by atoms with E-state index in [0.717, 1.165) is 6.07 Å². The van der Waals surface area contributed by atoms with E-state index in [-0.39, 0.29) is 24.5 Å². The zero-order valence-corrected chi connectivity index (χ0v) is 10.6. The van der Waals surface area contributed by atoms with Gasteiger partial charge in [0.2, 0.25) is 0 Å². The summed E-state index contributed by atoms with van der Waals surface area (Å²) in [6.07, 6.45) is 0. The molecule has 0 heterocycles. The van der Waals surface area contributed by atoms with Gasteiger partial charge in [-0.1, -0.05) is 0 Å². The minimum absolute atomic E-state index is 0.131. The average molecular weight is 269 g/mol. The van der Waals surface area contributed by atoms with Gasteiger partial charge in [0, 0.05) is 23.7 Å². The molecule has 8 heteroatoms. The minimum atomic E-state index is -0.679. The van der Waals surface area contributed by atoms with Crippen LogP contribution in [-0.2, 0) is 6.54 Å². The van der Waals surface area contributed by atoms with Crippen LogP contribution in [-0.4, -0.2) is 27.1 Å². The lowest BCUT2D eigenvalue weighted by Crippen LogP contribution is -2.42. The van der Waals surface area contributed by atoms with Crippen LogP contribution in [0.5, 0.6) is 0 Å². The van der Waals surface area contributed by atoms with E-state index in [0.29, 0.717) is 5.56 Å². The van der Waals surface area contributed by atoms with Crippen molar-refractivity contribution in [3.63, 3.8) is 0 Å². The second-order valence-corrected chi connectivity index (χ2v) is 4.72. The molecule has 0 saturated heterocycles. The largest absolute Gasteiger partial charge is 0.394 e. The lowest BCUT2D eigenvalue weighted by Gasteiger charge is -2.23. The number of rotatable bonds is 6. The van der Waals surface area contributed by atoms with Crippen LogP contribution in [0.15, 0.2) is 18.2 Å². The molecule has 0 saturated carbocycles. The number of nitrogens with one attached hydrogen (secondary N) is 1. The number of aliphatic hydroxyl groups excluding tert-OH is 1. The van der Waals surface area contributed by atoms with Crippen molar-refractivity contribution < 1.29 is 15.0 Å². The lowest BCUT2D eigenvalue weighted by molar-refractivity contribution is -0.394. The van der Waals surface area contributed by atoms with E-state index in [1.54, 1.807) is 13.8 Å². The van der Waals surface area contributed by atoms with Crippen LogP contribution in [0.4, 0.5) is 11.4 Å². The Morgan fingerprint density at radius 2 is 1.89 bits per heavy atom. The third-order valence-electron chi connectivity index (χ3n) is 2.63. The van der Waals surface area contributed by atoms with Crippen molar-refractivity contribution in [1.29, 1.82) is 0 Å². The molecule has 0 fully saturated rings. The molecule has 1 rings (SSSR count). The molecule has 0 radical (unpaired) electrons. The summed E-state index contributed by atoms with van der Waals surface area (Å²) in [7, 11) is 0. The summed E-state index contributed by atoms with van der Waals surface area (Å²) in [5.41, 5.74) is -0.889. The number of hydrogen-bond donors (Lipinski definition) is 2. The molecular formula is C11H15N3O5. The molecule has 0 aliphatic heterocycles. The summed E-state index contributed by atoms with van der Waals surface area (Å²) in [6.45, 7) is 3.49. The van der Waals surface area contributed by atoms with Gasteiger partial charge in [-0.25, -0.2) is 0 Å². The van der Waals surface area contributed by atoms with Gasteiger partial charge in [-0.05, 0) is 19.9 Å². The fourth-order valence-corrected chi connectivity index (χ4v) is 1.38. The summed E-state index contributed by atoms with van der Waals surface area (Å²) in [5.74, 6) is 0. The van der Waals surface area contributed by atoms with Crippen molar-refractivity contribution in [1.82, 2.24) is 5.32 Å². The predicted molar refractivity (Wildman–Crippen MR) is 67.8 cm³/mol. The number of nitro groups is 2. The summed E-state index contributed by atoms with van der Waals surface area (Å²) >= 11 is 0. The molecule has 0 bridgehead atoms. The van der Waals surface area contributed by atoms with Gasteiger partial charge in [-0.2, -0.15) is 0 Å². The third kappa shape index (κ3) is 3.97. The van der Waals surface area contributed by atoms with Crippen molar-refractivity contribution in [2.75, 3.05) is 6.61 Å². The highest BCUT2D eigenvalue weighted by Gasteiger charge is 2.21. The fraction of sp³-hybridized carbons (Fsp3) is 0.455. The van der Waals surface area contributed by atoms with E-state index < -0.39 is 15.4 Å². The van der Waals surface area contributed by atoms with Gasteiger partial charge in [-0.3, -0.25) is 20.2 Å². The van der Waals surface area contributed by atoms with Gasteiger partial charge in [0.25, 0.3) is 11.4 Å². The first-order valence-electron chi connectivity index (χ1n) is 5.54. The molecule has 0 unspecified atom stereocenters. The molecule has 104 valence electrons. The average Bonchev–Trinajstić information content (AvgIpc) is 2.36. The molecule has 0 spiro atoms. The van der Waals surface area contributed by atoms with Gasteiger partial charge in [0.1, 0.15) is 0 Å². The van der Waals surface area contributed by atoms with Crippen molar-refractivity contribution in [3.05, 3.63) is 44.0 Å². The Hall–Kier alpha value is -2.06. The first-order chi connectivity index (χ1) is 8.76. The Bertz CT molecular complexity index is 501. The summed E-state index contributed by atoms with van der Waals surface area (Å²) in [6, 6.07) is 3.50. The lowest BCUT2D eigenvalue weighted by atomic mass is 10.1. The Kier molecular flexibility index (Phi) is 4.52. The van der Waals surface area contributed by atoms with E-state index in [4.69, 9.17) is 5.11 Å². The molecule has 0 aromatic heterocycles. The highest BCUT2D eigenvalue weighted by Crippen LogP contribution is 2.24. The predicted octanol–water partition coefficient (Wildman–Crippen LogP) is 1.36. The Morgan fingerprint density at radius 3 is 2.37 bits per heavy atom. The first kappa shape index (κ1) is 15.0. The summed E-state index contributed by atoms with van der Waals surface area (Å²) in [5, 5.41) is 33.5. The molecule has 0 amide bonds. The maximum atomic E-state index is 10.9. The molecule has 8 nitrogen and oxygen atoms in total. The fourth-order valence-electron chi connectivity index (χ4n) is 1.38. The Labute approximate surface area is 109 Å². The van der Waals surface area contributed by atoms with E-state index in [1.807, 2.05) is 0 Å². The van der Waals surface area contributed by atoms with Gasteiger partial charge in [-0.15, -0.1) is 0 Å². The highest BCUT2D eigenvalue weighted by atomic mass is 16.6. The Morgan fingerprint density at radius 1 is 1.26 bits per heavy atom. The molecule has 1 aromatic rings. The number of aliphatic hydroxyl groups is 1. The van der Waals surface area contributed by atoms with Crippen LogP contribution < -0.4 is 5.32 Å². The van der Waals surface area contributed by atoms with E-state index in [9.17, 15) is 20.2 Å². The van der Waals surface area contributed by atoms with Crippen molar-refractivity contribution in [3.8, 4) is 0 Å². The van der Waals surface area contributed by atoms with Crippen LogP contribution >= 0.6 is 0 Å². The number of benzene rings is 1. The number of nitro benzene ring substituents is 2. The molecule has 19 heavy (non-hydrogen) atoms. The summed E-state index contributed by atoms with van der Waals surface area (Å²) < 4.78 is 0. The monoisotopic (exact) mass is 269 g/mol. The second-order valence-electron chi connectivity index (χ2n) is 4.72. The van der Waals surface area contributed by atoms with Crippen LogP contribution in [0, 0.1) is 20.2 Å². The van der Waals surface area contributed by atoms with Crippen LogP contribution in [0.1, 0.15) is 19.4 Å². The maximum absolute atomic E-state index is 10.9. The van der Waals surface area contributed by atoms with Gasteiger partial charge >= 0.3 is 0 Å². The van der Waals surface area contributed by atoms with Crippen molar-refractivity contribution >= 4 is 11.4 Å². The molecule has 2 N–H and O–H groups in total. The third-order valence-corrected chi connectivity index (χ3v) is 2.63. The SMILES string of the molecule is CC(C)(CO)NCc1ccc([N+](=O)[O-])cc1[N+](=O)[O-]. The Balaban J connectivity index is 3.01. The smallest absolute Gasteiger partial charge is 0.280 e. The second kappa shape index (κ2) is 5.72. The van der Waals surface area contributed by atoms with Crippen LogP contribution in [0.25, 0.3) is 0 Å².